The zero-order valence-corrected chi connectivity index (χ0v) is 12.1. The highest BCUT2D eigenvalue weighted by atomic mass is 16.3. The number of aromatic nitrogens is 1. The molecule has 0 amide bonds. The molecule has 0 bridgehead atoms. The van der Waals surface area contributed by atoms with Crippen LogP contribution in [0.4, 0.5) is 5.69 Å². The summed E-state index contributed by atoms with van der Waals surface area (Å²) in [6, 6.07) is 10.5. The molecule has 0 fully saturated rings. The number of hydrogen-bond donors (Lipinski definition) is 1. The Morgan fingerprint density at radius 2 is 1.91 bits per heavy atom. The molecule has 0 radical (unpaired) electrons. The Morgan fingerprint density at radius 3 is 2.64 bits per heavy atom. The number of benzene rings is 1. The van der Waals surface area contributed by atoms with Crippen molar-refractivity contribution in [3.05, 3.63) is 59.9 Å². The van der Waals surface area contributed by atoms with E-state index in [4.69, 9.17) is 0 Å². The summed E-state index contributed by atoms with van der Waals surface area (Å²) in [5, 5.41) is 10.4. The maximum absolute atomic E-state index is 12.6. The molecule has 5 heteroatoms. The van der Waals surface area contributed by atoms with Crippen molar-refractivity contribution in [2.75, 3.05) is 11.9 Å². The number of anilines is 1. The van der Waals surface area contributed by atoms with Crippen molar-refractivity contribution in [1.29, 1.82) is 0 Å². The van der Waals surface area contributed by atoms with E-state index >= 15 is 0 Å². The molecule has 1 N–H and O–H groups in total. The Labute approximate surface area is 128 Å². The number of carbonyl (C=O) groups excluding carboxylic acids is 2. The molecule has 0 saturated carbocycles. The van der Waals surface area contributed by atoms with Gasteiger partial charge in [0.25, 0.3) is 0 Å². The number of pyridine rings is 1. The quantitative estimate of drug-likeness (QED) is 0.868. The first kappa shape index (κ1) is 14.4. The molecule has 5 nitrogen and oxygen atoms in total. The largest absolute Gasteiger partial charge is 0.372 e. The summed E-state index contributed by atoms with van der Waals surface area (Å²) in [6.45, 7) is 0. The van der Waals surface area contributed by atoms with Crippen LogP contribution in [0.1, 0.15) is 15.9 Å². The molecule has 2 heterocycles. The van der Waals surface area contributed by atoms with Crippen LogP contribution in [0.3, 0.4) is 0 Å². The van der Waals surface area contributed by atoms with E-state index in [1.165, 1.54) is 0 Å². The predicted molar refractivity (Wildman–Crippen MR) is 81.6 cm³/mol. The normalized spacial score (nSPS) is 20.6. The molecule has 1 aliphatic rings. The second kappa shape index (κ2) is 5.69. The fourth-order valence-corrected chi connectivity index (χ4v) is 2.78. The first-order valence-corrected chi connectivity index (χ1v) is 7.05. The van der Waals surface area contributed by atoms with Crippen LogP contribution < -0.4 is 4.90 Å². The van der Waals surface area contributed by atoms with Crippen molar-refractivity contribution in [2.24, 2.45) is 5.92 Å². The number of rotatable bonds is 3. The minimum Gasteiger partial charge on any atom is -0.372 e. The SMILES string of the molecule is CN1c2ccccc2C(=O)C(C(=O)Cc2ccncc2)C1O. The average molecular weight is 296 g/mol. The summed E-state index contributed by atoms with van der Waals surface area (Å²) in [7, 11) is 1.68. The summed E-state index contributed by atoms with van der Waals surface area (Å²) in [5.74, 6) is -1.67. The monoisotopic (exact) mass is 296 g/mol. The van der Waals surface area contributed by atoms with Crippen LogP contribution in [0.25, 0.3) is 0 Å². The molecule has 1 aromatic heterocycles. The molecule has 3 rings (SSSR count). The van der Waals surface area contributed by atoms with Crippen LogP contribution in [0.5, 0.6) is 0 Å². The number of nitrogens with zero attached hydrogens (tertiary/aromatic N) is 2. The number of carbonyl (C=O) groups is 2. The molecular formula is C17H16N2O3. The van der Waals surface area contributed by atoms with Gasteiger partial charge in [-0.25, -0.2) is 0 Å². The Morgan fingerprint density at radius 1 is 1.23 bits per heavy atom. The fourth-order valence-electron chi connectivity index (χ4n) is 2.78. The van der Waals surface area contributed by atoms with E-state index in [9.17, 15) is 14.7 Å². The van der Waals surface area contributed by atoms with E-state index in [0.29, 0.717) is 11.3 Å². The molecular weight excluding hydrogens is 280 g/mol. The molecule has 0 aliphatic carbocycles. The van der Waals surface area contributed by atoms with Gasteiger partial charge >= 0.3 is 0 Å². The highest BCUT2D eigenvalue weighted by Gasteiger charge is 2.41. The van der Waals surface area contributed by atoms with Crippen molar-refractivity contribution in [3.63, 3.8) is 0 Å². The third-order valence-corrected chi connectivity index (χ3v) is 4.00. The minimum atomic E-state index is -1.14. The van der Waals surface area contributed by atoms with Gasteiger partial charge in [0.05, 0.1) is 0 Å². The van der Waals surface area contributed by atoms with Crippen LogP contribution in [-0.4, -0.2) is 34.9 Å². The van der Waals surface area contributed by atoms with Gasteiger partial charge in [0.2, 0.25) is 0 Å². The van der Waals surface area contributed by atoms with Gasteiger partial charge < -0.3 is 10.0 Å². The Bertz CT molecular complexity index is 715. The Hall–Kier alpha value is -2.53. The molecule has 2 atom stereocenters. The molecule has 2 aromatic rings. The molecule has 2 unspecified atom stereocenters. The van der Waals surface area contributed by atoms with Gasteiger partial charge in [-0.1, -0.05) is 12.1 Å². The molecule has 1 aliphatic heterocycles. The van der Waals surface area contributed by atoms with E-state index in [-0.39, 0.29) is 18.0 Å². The zero-order chi connectivity index (χ0) is 15.7. The maximum Gasteiger partial charge on any atom is 0.179 e. The van der Waals surface area contributed by atoms with Crippen LogP contribution in [0, 0.1) is 5.92 Å². The van der Waals surface area contributed by atoms with Crippen molar-refractivity contribution in [3.8, 4) is 0 Å². The second-order valence-electron chi connectivity index (χ2n) is 5.38. The van der Waals surface area contributed by atoms with Crippen molar-refractivity contribution < 1.29 is 14.7 Å². The Balaban J connectivity index is 1.91. The van der Waals surface area contributed by atoms with Crippen LogP contribution in [0.15, 0.2) is 48.8 Å². The number of aliphatic hydroxyl groups is 1. The van der Waals surface area contributed by atoms with Gasteiger partial charge in [0.1, 0.15) is 12.1 Å². The van der Waals surface area contributed by atoms with Gasteiger partial charge in [-0.3, -0.25) is 14.6 Å². The molecule has 1 aromatic carbocycles. The van der Waals surface area contributed by atoms with Crippen LogP contribution in [0.2, 0.25) is 0 Å². The van der Waals surface area contributed by atoms with Gasteiger partial charge in [0.15, 0.2) is 11.6 Å². The summed E-state index contributed by atoms with van der Waals surface area (Å²) < 4.78 is 0. The van der Waals surface area contributed by atoms with Gasteiger partial charge in [-0.15, -0.1) is 0 Å². The van der Waals surface area contributed by atoms with Crippen LogP contribution >= 0.6 is 0 Å². The number of Topliss-reactive ketones (excluding diaryl/α,β-unsaturated/α-hetero) is 2. The highest BCUT2D eigenvalue weighted by molar-refractivity contribution is 6.15. The fraction of sp³-hybridized carbons (Fsp3) is 0.235. The smallest absolute Gasteiger partial charge is 0.179 e. The number of hydrogen-bond acceptors (Lipinski definition) is 5. The lowest BCUT2D eigenvalue weighted by atomic mass is 9.84. The van der Waals surface area contributed by atoms with Crippen molar-refractivity contribution in [2.45, 2.75) is 12.6 Å². The lowest BCUT2D eigenvalue weighted by Crippen LogP contribution is -2.50. The zero-order valence-electron chi connectivity index (χ0n) is 12.1. The van der Waals surface area contributed by atoms with Crippen molar-refractivity contribution in [1.82, 2.24) is 4.98 Å². The predicted octanol–water partition coefficient (Wildman–Crippen LogP) is 1.46. The summed E-state index contributed by atoms with van der Waals surface area (Å²) in [4.78, 5) is 30.6. The standard InChI is InChI=1S/C17H16N2O3/c1-19-13-5-3-2-4-12(13)16(21)15(17(19)22)14(20)10-11-6-8-18-9-7-11/h2-9,15,17,22H,10H2,1H3. The van der Waals surface area contributed by atoms with E-state index < -0.39 is 12.1 Å². The number of para-hydroxylation sites is 1. The topological polar surface area (TPSA) is 70.5 Å². The number of ketones is 2. The molecule has 0 saturated heterocycles. The first-order chi connectivity index (χ1) is 10.6. The summed E-state index contributed by atoms with van der Waals surface area (Å²) >= 11 is 0. The molecule has 22 heavy (non-hydrogen) atoms. The third-order valence-electron chi connectivity index (χ3n) is 4.00. The maximum atomic E-state index is 12.6. The summed E-state index contributed by atoms with van der Waals surface area (Å²) in [5.41, 5.74) is 1.90. The third kappa shape index (κ3) is 2.40. The van der Waals surface area contributed by atoms with Crippen LogP contribution in [-0.2, 0) is 11.2 Å². The molecule has 0 spiro atoms. The molecule has 112 valence electrons. The first-order valence-electron chi connectivity index (χ1n) is 7.05. The van der Waals surface area contributed by atoms with Gasteiger partial charge in [0, 0.05) is 37.1 Å². The minimum absolute atomic E-state index is 0.103. The van der Waals surface area contributed by atoms with E-state index in [1.54, 1.807) is 60.7 Å². The van der Waals surface area contributed by atoms with E-state index in [1.807, 2.05) is 0 Å². The Kier molecular flexibility index (Phi) is 3.73. The van der Waals surface area contributed by atoms with E-state index in [2.05, 4.69) is 4.98 Å². The average Bonchev–Trinajstić information content (AvgIpc) is 2.54. The van der Waals surface area contributed by atoms with Crippen molar-refractivity contribution >= 4 is 17.3 Å². The number of fused-ring (bicyclic) bond motifs is 1. The van der Waals surface area contributed by atoms with Gasteiger partial charge in [-0.2, -0.15) is 0 Å². The summed E-state index contributed by atoms with van der Waals surface area (Å²) in [6.07, 6.45) is 2.16. The van der Waals surface area contributed by atoms with Gasteiger partial charge in [-0.05, 0) is 29.8 Å². The lowest BCUT2D eigenvalue weighted by molar-refractivity contribution is -0.123. The second-order valence-corrected chi connectivity index (χ2v) is 5.38. The highest BCUT2D eigenvalue weighted by Crippen LogP contribution is 2.32. The lowest BCUT2D eigenvalue weighted by Gasteiger charge is -2.36. The number of aliphatic hydroxyl groups excluding tert-OH is 1. The van der Waals surface area contributed by atoms with E-state index in [0.717, 1.165) is 5.56 Å².